The van der Waals surface area contributed by atoms with Gasteiger partial charge >= 0.3 is 12.0 Å². The Kier molecular flexibility index (Phi) is 5.81. The first-order chi connectivity index (χ1) is 13.9. The molecule has 1 aromatic rings. The fourth-order valence-corrected chi connectivity index (χ4v) is 3.52. The summed E-state index contributed by atoms with van der Waals surface area (Å²) in [5.74, 6) is -2.65. The van der Waals surface area contributed by atoms with Crippen LogP contribution in [0.5, 0.6) is 5.75 Å². The SMILES string of the molecule is COc1ccccc1C(=O)NC(=O)COC(=O)CN1C(=O)NC2(CCCC2)C1=O. The molecule has 1 saturated heterocycles. The molecule has 1 spiro atoms. The Morgan fingerprint density at radius 3 is 2.55 bits per heavy atom. The third-order valence-electron chi connectivity index (χ3n) is 4.96. The molecule has 29 heavy (non-hydrogen) atoms. The monoisotopic (exact) mass is 403 g/mol. The average Bonchev–Trinajstić information content (AvgIpc) is 3.27. The highest BCUT2D eigenvalue weighted by Crippen LogP contribution is 2.34. The summed E-state index contributed by atoms with van der Waals surface area (Å²) in [5.41, 5.74) is -0.772. The lowest BCUT2D eigenvalue weighted by molar-refractivity contribution is -0.150. The van der Waals surface area contributed by atoms with E-state index in [4.69, 9.17) is 9.47 Å². The van der Waals surface area contributed by atoms with Crippen molar-refractivity contribution < 1.29 is 33.4 Å². The third kappa shape index (κ3) is 4.20. The first-order valence-corrected chi connectivity index (χ1v) is 9.13. The van der Waals surface area contributed by atoms with E-state index in [9.17, 15) is 24.0 Å². The Morgan fingerprint density at radius 2 is 1.86 bits per heavy atom. The molecule has 2 aliphatic rings. The van der Waals surface area contributed by atoms with E-state index >= 15 is 0 Å². The zero-order valence-electron chi connectivity index (χ0n) is 15.9. The van der Waals surface area contributed by atoms with E-state index < -0.39 is 48.4 Å². The predicted octanol–water partition coefficient (Wildman–Crippen LogP) is 0.359. The van der Waals surface area contributed by atoms with Gasteiger partial charge in [0, 0.05) is 0 Å². The van der Waals surface area contributed by atoms with Crippen molar-refractivity contribution in [3.05, 3.63) is 29.8 Å². The first-order valence-electron chi connectivity index (χ1n) is 9.13. The number of amides is 5. The molecule has 0 atom stereocenters. The van der Waals surface area contributed by atoms with Gasteiger partial charge in [0.2, 0.25) is 0 Å². The van der Waals surface area contributed by atoms with Gasteiger partial charge in [-0.05, 0) is 25.0 Å². The normalized spacial score (nSPS) is 17.2. The van der Waals surface area contributed by atoms with Crippen LogP contribution in [-0.4, -0.2) is 60.4 Å². The highest BCUT2D eigenvalue weighted by molar-refractivity contribution is 6.09. The molecule has 0 radical (unpaired) electrons. The molecular weight excluding hydrogens is 382 g/mol. The van der Waals surface area contributed by atoms with E-state index in [1.165, 1.54) is 13.2 Å². The van der Waals surface area contributed by atoms with E-state index in [-0.39, 0.29) is 11.3 Å². The minimum Gasteiger partial charge on any atom is -0.496 e. The number of nitrogens with zero attached hydrogens (tertiary/aromatic N) is 1. The molecule has 3 rings (SSSR count). The number of urea groups is 1. The molecule has 2 N–H and O–H groups in total. The maximum atomic E-state index is 12.5. The number of rotatable bonds is 6. The zero-order valence-corrected chi connectivity index (χ0v) is 15.9. The van der Waals surface area contributed by atoms with Gasteiger partial charge in [-0.2, -0.15) is 0 Å². The van der Waals surface area contributed by atoms with Gasteiger partial charge in [0.05, 0.1) is 12.7 Å². The van der Waals surface area contributed by atoms with E-state index in [2.05, 4.69) is 10.6 Å². The lowest BCUT2D eigenvalue weighted by atomic mass is 9.98. The summed E-state index contributed by atoms with van der Waals surface area (Å²) in [6.07, 6.45) is 2.72. The lowest BCUT2D eigenvalue weighted by Crippen LogP contribution is -2.44. The second-order valence-corrected chi connectivity index (χ2v) is 6.85. The Balaban J connectivity index is 1.49. The summed E-state index contributed by atoms with van der Waals surface area (Å²) < 4.78 is 9.85. The van der Waals surface area contributed by atoms with E-state index in [0.29, 0.717) is 12.8 Å². The number of carbonyl (C=O) groups excluding carboxylic acids is 5. The summed E-state index contributed by atoms with van der Waals surface area (Å²) in [6.45, 7) is -1.32. The number of hydrogen-bond donors (Lipinski definition) is 2. The smallest absolute Gasteiger partial charge is 0.326 e. The lowest BCUT2D eigenvalue weighted by Gasteiger charge is -2.19. The summed E-state index contributed by atoms with van der Waals surface area (Å²) in [7, 11) is 1.39. The van der Waals surface area contributed by atoms with Crippen LogP contribution in [0.25, 0.3) is 0 Å². The Hall–Kier alpha value is -3.43. The van der Waals surface area contributed by atoms with Crippen molar-refractivity contribution in [1.82, 2.24) is 15.5 Å². The van der Waals surface area contributed by atoms with Gasteiger partial charge in [-0.3, -0.25) is 29.4 Å². The summed E-state index contributed by atoms with van der Waals surface area (Å²) >= 11 is 0. The number of methoxy groups -OCH3 is 1. The Bertz CT molecular complexity index is 861. The van der Waals surface area contributed by atoms with Gasteiger partial charge in [0.1, 0.15) is 17.8 Å². The van der Waals surface area contributed by atoms with Crippen LogP contribution in [-0.2, 0) is 19.1 Å². The number of para-hydroxylation sites is 1. The van der Waals surface area contributed by atoms with Crippen LogP contribution in [0.2, 0.25) is 0 Å². The van der Waals surface area contributed by atoms with Crippen molar-refractivity contribution in [1.29, 1.82) is 0 Å². The molecule has 1 saturated carbocycles. The van der Waals surface area contributed by atoms with Crippen molar-refractivity contribution in [3.63, 3.8) is 0 Å². The van der Waals surface area contributed by atoms with Gasteiger partial charge in [0.15, 0.2) is 6.61 Å². The average molecular weight is 403 g/mol. The number of hydrogen-bond acceptors (Lipinski definition) is 7. The zero-order chi connectivity index (χ0) is 21.0. The van der Waals surface area contributed by atoms with Crippen LogP contribution < -0.4 is 15.4 Å². The van der Waals surface area contributed by atoms with Gasteiger partial charge in [-0.25, -0.2) is 4.79 Å². The summed E-state index contributed by atoms with van der Waals surface area (Å²) in [4.78, 5) is 61.3. The van der Waals surface area contributed by atoms with Crippen molar-refractivity contribution in [3.8, 4) is 5.75 Å². The van der Waals surface area contributed by atoms with Crippen molar-refractivity contribution >= 4 is 29.7 Å². The molecule has 10 nitrogen and oxygen atoms in total. The van der Waals surface area contributed by atoms with Crippen LogP contribution in [0, 0.1) is 0 Å². The molecule has 2 fully saturated rings. The van der Waals surface area contributed by atoms with Gasteiger partial charge in [0.25, 0.3) is 17.7 Å². The Morgan fingerprint density at radius 1 is 1.17 bits per heavy atom. The molecule has 5 amide bonds. The molecule has 1 heterocycles. The highest BCUT2D eigenvalue weighted by atomic mass is 16.5. The van der Waals surface area contributed by atoms with Gasteiger partial charge < -0.3 is 14.8 Å². The maximum absolute atomic E-state index is 12.5. The standard InChI is InChI=1S/C19H21N3O7/c1-28-13-7-3-2-6-12(13)16(25)20-14(23)11-29-15(24)10-22-17(26)19(21-18(22)27)8-4-5-9-19/h2-3,6-7H,4-5,8-11H2,1H3,(H,21,27)(H,20,23,25). The largest absolute Gasteiger partial charge is 0.496 e. The quantitative estimate of drug-likeness (QED) is 0.518. The topological polar surface area (TPSA) is 131 Å². The minimum absolute atomic E-state index is 0.149. The Labute approximate surface area is 166 Å². The van der Waals surface area contributed by atoms with Crippen molar-refractivity contribution in [2.24, 2.45) is 0 Å². The number of imide groups is 2. The molecule has 0 unspecified atom stereocenters. The van der Waals surface area contributed by atoms with Crippen LogP contribution >= 0.6 is 0 Å². The van der Waals surface area contributed by atoms with Crippen LogP contribution in [0.15, 0.2) is 24.3 Å². The minimum atomic E-state index is -0.927. The number of nitrogens with one attached hydrogen (secondary N) is 2. The molecule has 1 aliphatic carbocycles. The van der Waals surface area contributed by atoms with E-state index in [1.807, 2.05) is 0 Å². The molecule has 1 aromatic carbocycles. The molecule has 0 aromatic heterocycles. The predicted molar refractivity (Wildman–Crippen MR) is 97.9 cm³/mol. The number of ether oxygens (including phenoxy) is 2. The number of benzene rings is 1. The first kappa shape index (κ1) is 20.3. The van der Waals surface area contributed by atoms with E-state index in [0.717, 1.165) is 17.7 Å². The van der Waals surface area contributed by atoms with Crippen LogP contribution in [0.3, 0.4) is 0 Å². The van der Waals surface area contributed by atoms with Crippen LogP contribution in [0.1, 0.15) is 36.0 Å². The molecule has 10 heteroatoms. The molecule has 154 valence electrons. The fraction of sp³-hybridized carbons (Fsp3) is 0.421. The maximum Gasteiger partial charge on any atom is 0.326 e. The van der Waals surface area contributed by atoms with Crippen molar-refractivity contribution in [2.45, 2.75) is 31.2 Å². The van der Waals surface area contributed by atoms with Crippen LogP contribution in [0.4, 0.5) is 4.79 Å². The molecule has 1 aliphatic heterocycles. The van der Waals surface area contributed by atoms with E-state index in [1.54, 1.807) is 18.2 Å². The summed E-state index contributed by atoms with van der Waals surface area (Å²) in [5, 5.41) is 4.73. The molecular formula is C19H21N3O7. The molecule has 0 bridgehead atoms. The fourth-order valence-electron chi connectivity index (χ4n) is 3.52. The van der Waals surface area contributed by atoms with Crippen molar-refractivity contribution in [2.75, 3.05) is 20.3 Å². The summed E-state index contributed by atoms with van der Waals surface area (Å²) in [6, 6.07) is 5.67. The van der Waals surface area contributed by atoms with Gasteiger partial charge in [-0.1, -0.05) is 25.0 Å². The number of esters is 1. The van der Waals surface area contributed by atoms with Gasteiger partial charge in [-0.15, -0.1) is 0 Å². The second-order valence-electron chi connectivity index (χ2n) is 6.85. The second kappa shape index (κ2) is 8.29. The third-order valence-corrected chi connectivity index (χ3v) is 4.96. The highest BCUT2D eigenvalue weighted by Gasteiger charge is 2.52. The number of carbonyl (C=O) groups is 5.